The number of hydrogen-bond donors (Lipinski definition) is 0. The highest BCUT2D eigenvalue weighted by Gasteiger charge is 2.41. The van der Waals surface area contributed by atoms with Crippen molar-refractivity contribution in [3.05, 3.63) is 59.7 Å². The normalized spacial score (nSPS) is 18.5. The minimum Gasteiger partial charge on any atom is -0.351 e. The Labute approximate surface area is 170 Å². The van der Waals surface area contributed by atoms with Crippen LogP contribution in [-0.2, 0) is 11.8 Å². The first-order chi connectivity index (χ1) is 14.6. The maximum atomic E-state index is 13.3. The van der Waals surface area contributed by atoms with Gasteiger partial charge in [-0.25, -0.2) is 0 Å². The monoisotopic (exact) mass is 395 g/mol. The Morgan fingerprint density at radius 2 is 1.33 bits per heavy atom. The van der Waals surface area contributed by atoms with Gasteiger partial charge in [0, 0.05) is 41.2 Å². The van der Waals surface area contributed by atoms with E-state index < -0.39 is 0 Å². The smallest absolute Gasteiger partial charge is 0.262 e. The van der Waals surface area contributed by atoms with Crippen LogP contribution in [0.5, 0.6) is 0 Å². The lowest BCUT2D eigenvalue weighted by molar-refractivity contribution is 0.0694. The van der Waals surface area contributed by atoms with Crippen molar-refractivity contribution in [2.45, 2.75) is 6.23 Å². The van der Waals surface area contributed by atoms with Crippen LogP contribution in [0, 0.1) is 0 Å². The summed E-state index contributed by atoms with van der Waals surface area (Å²) < 4.78 is 10.0. The van der Waals surface area contributed by atoms with E-state index in [2.05, 4.69) is 21.3 Å². The Morgan fingerprint density at radius 1 is 0.800 bits per heavy atom. The van der Waals surface area contributed by atoms with Crippen LogP contribution < -0.4 is 0 Å². The molecule has 1 saturated heterocycles. The summed E-state index contributed by atoms with van der Waals surface area (Å²) in [5.41, 5.74) is 5.00. The number of hydrogen-bond acceptors (Lipinski definition) is 3. The molecule has 3 aromatic carbocycles. The molecule has 1 unspecified atom stereocenters. The number of ether oxygens (including phenoxy) is 1. The van der Waals surface area contributed by atoms with Gasteiger partial charge in [-0.15, -0.1) is 0 Å². The van der Waals surface area contributed by atoms with E-state index in [1.807, 2.05) is 43.4 Å². The van der Waals surface area contributed by atoms with E-state index in [1.165, 1.54) is 4.90 Å². The number of aryl methyl sites for hydroxylation is 1. The van der Waals surface area contributed by atoms with Crippen molar-refractivity contribution in [2.24, 2.45) is 7.05 Å². The molecule has 2 aromatic heterocycles. The molecule has 7 rings (SSSR count). The third kappa shape index (κ3) is 1.66. The fraction of sp³-hybridized carbons (Fsp3) is 0.167. The molecule has 30 heavy (non-hydrogen) atoms. The lowest BCUT2D eigenvalue weighted by Crippen LogP contribution is -2.24. The maximum absolute atomic E-state index is 13.3. The second-order valence-corrected chi connectivity index (χ2v) is 8.12. The van der Waals surface area contributed by atoms with Crippen LogP contribution in [0.15, 0.2) is 48.5 Å². The van der Waals surface area contributed by atoms with Gasteiger partial charge in [-0.2, -0.15) is 0 Å². The Morgan fingerprint density at radius 3 is 1.97 bits per heavy atom. The number of carbonyl (C=O) groups excluding carboxylic acids is 2. The predicted octanol–water partition coefficient (Wildman–Crippen LogP) is 4.19. The minimum atomic E-state index is -0.241. The van der Waals surface area contributed by atoms with Crippen molar-refractivity contribution in [1.29, 1.82) is 0 Å². The number of rotatable bonds is 1. The van der Waals surface area contributed by atoms with Gasteiger partial charge in [0.2, 0.25) is 0 Å². The number of para-hydroxylation sites is 2. The van der Waals surface area contributed by atoms with E-state index in [0.29, 0.717) is 17.7 Å². The largest absolute Gasteiger partial charge is 0.351 e. The molecule has 6 heteroatoms. The van der Waals surface area contributed by atoms with Crippen LogP contribution in [0.3, 0.4) is 0 Å². The van der Waals surface area contributed by atoms with Crippen LogP contribution in [0.4, 0.5) is 0 Å². The number of aromatic nitrogens is 2. The summed E-state index contributed by atoms with van der Waals surface area (Å²) in [6.07, 6.45) is -0.0587. The zero-order valence-corrected chi connectivity index (χ0v) is 16.5. The van der Waals surface area contributed by atoms with Gasteiger partial charge >= 0.3 is 0 Å². The van der Waals surface area contributed by atoms with E-state index in [9.17, 15) is 9.59 Å². The molecular weight excluding hydrogens is 378 g/mol. The van der Waals surface area contributed by atoms with Crippen LogP contribution in [-0.4, -0.2) is 39.5 Å². The van der Waals surface area contributed by atoms with Gasteiger partial charge in [-0.05, 0) is 12.1 Å². The Balaban J connectivity index is 1.91. The topological polar surface area (TPSA) is 59.8 Å². The molecule has 0 bridgehead atoms. The molecule has 0 spiro atoms. The molecule has 2 aliphatic rings. The summed E-state index contributed by atoms with van der Waals surface area (Å²) in [5, 5.41) is 3.65. The van der Waals surface area contributed by atoms with Gasteiger partial charge in [0.1, 0.15) is 0 Å². The Kier molecular flexibility index (Phi) is 2.75. The first kappa shape index (κ1) is 16.2. The zero-order chi connectivity index (χ0) is 20.3. The number of amides is 2. The number of epoxide rings is 1. The quantitative estimate of drug-likeness (QED) is 0.316. The molecule has 2 aliphatic heterocycles. The van der Waals surface area contributed by atoms with Crippen LogP contribution >= 0.6 is 0 Å². The average Bonchev–Trinajstić information content (AvgIpc) is 3.45. The second-order valence-electron chi connectivity index (χ2n) is 8.12. The van der Waals surface area contributed by atoms with Gasteiger partial charge in [0.05, 0.1) is 34.3 Å². The molecule has 146 valence electrons. The lowest BCUT2D eigenvalue weighted by Gasteiger charge is -2.08. The second kappa shape index (κ2) is 5.09. The van der Waals surface area contributed by atoms with Crippen LogP contribution in [0.2, 0.25) is 0 Å². The molecule has 0 radical (unpaired) electrons. The van der Waals surface area contributed by atoms with Crippen LogP contribution in [0.1, 0.15) is 26.9 Å². The van der Waals surface area contributed by atoms with E-state index >= 15 is 0 Å². The molecule has 6 nitrogen and oxygen atoms in total. The van der Waals surface area contributed by atoms with E-state index in [0.717, 1.165) is 43.6 Å². The standard InChI is InChI=1S/C24H17N3O3/c1-25-14-9-5-3-7-12(14)17-19-20(24(29)26(2)23(19)28)18-13-8-4-6-10-15(13)27(16-11-30-16)22(18)21(17)25/h3-10,16H,11H2,1-2H3. The van der Waals surface area contributed by atoms with Crippen LogP contribution in [0.25, 0.3) is 43.6 Å². The fourth-order valence-electron chi connectivity index (χ4n) is 5.27. The predicted molar refractivity (Wildman–Crippen MR) is 115 cm³/mol. The number of imide groups is 1. The molecule has 1 fully saturated rings. The van der Waals surface area contributed by atoms with Gasteiger partial charge < -0.3 is 13.9 Å². The first-order valence-corrected chi connectivity index (χ1v) is 9.99. The third-order valence-electron chi connectivity index (χ3n) is 6.63. The number of fused-ring (bicyclic) bond motifs is 10. The zero-order valence-electron chi connectivity index (χ0n) is 16.5. The number of carbonyl (C=O) groups is 2. The first-order valence-electron chi connectivity index (χ1n) is 9.99. The lowest BCUT2D eigenvalue weighted by atomic mass is 9.96. The van der Waals surface area contributed by atoms with Crippen molar-refractivity contribution >= 4 is 55.4 Å². The Bertz CT molecular complexity index is 1620. The summed E-state index contributed by atoms with van der Waals surface area (Å²) in [6.45, 7) is 0.642. The molecule has 2 amide bonds. The summed E-state index contributed by atoms with van der Waals surface area (Å²) in [4.78, 5) is 27.8. The number of benzene rings is 3. The molecule has 0 aliphatic carbocycles. The average molecular weight is 395 g/mol. The van der Waals surface area contributed by atoms with Gasteiger partial charge in [-0.1, -0.05) is 36.4 Å². The molecular formula is C24H17N3O3. The van der Waals surface area contributed by atoms with Gasteiger partial charge in [0.15, 0.2) is 6.23 Å². The van der Waals surface area contributed by atoms with Gasteiger partial charge in [-0.3, -0.25) is 14.5 Å². The molecule has 4 heterocycles. The van der Waals surface area contributed by atoms with E-state index in [-0.39, 0.29) is 18.0 Å². The fourth-order valence-corrected chi connectivity index (χ4v) is 5.27. The maximum Gasteiger partial charge on any atom is 0.262 e. The highest BCUT2D eigenvalue weighted by atomic mass is 16.6. The molecule has 0 N–H and O–H groups in total. The number of nitrogens with zero attached hydrogens (tertiary/aromatic N) is 3. The Hall–Kier alpha value is -3.64. The van der Waals surface area contributed by atoms with Crippen molar-refractivity contribution in [1.82, 2.24) is 14.0 Å². The van der Waals surface area contributed by atoms with Gasteiger partial charge in [0.25, 0.3) is 11.8 Å². The third-order valence-corrected chi connectivity index (χ3v) is 6.63. The summed E-state index contributed by atoms with van der Waals surface area (Å²) in [6, 6.07) is 16.1. The highest BCUT2D eigenvalue weighted by molar-refractivity contribution is 6.39. The minimum absolute atomic E-state index is 0.0587. The SMILES string of the molecule is CN1C(=O)c2c(c3c4ccccc4n(C4CO4)c3c3c2c2ccccc2n3C)C1=O. The molecule has 5 aromatic rings. The van der Waals surface area contributed by atoms with E-state index in [1.54, 1.807) is 7.05 Å². The molecule has 0 saturated carbocycles. The summed E-state index contributed by atoms with van der Waals surface area (Å²) in [5.74, 6) is -0.479. The van der Waals surface area contributed by atoms with E-state index in [4.69, 9.17) is 4.74 Å². The summed E-state index contributed by atoms with van der Waals surface area (Å²) in [7, 11) is 3.59. The van der Waals surface area contributed by atoms with Crippen molar-refractivity contribution in [2.75, 3.05) is 13.7 Å². The highest BCUT2D eigenvalue weighted by Crippen LogP contribution is 2.47. The summed E-state index contributed by atoms with van der Waals surface area (Å²) >= 11 is 0. The van der Waals surface area contributed by atoms with Crippen molar-refractivity contribution in [3.8, 4) is 0 Å². The molecule has 1 atom stereocenters. The van der Waals surface area contributed by atoms with Crippen molar-refractivity contribution in [3.63, 3.8) is 0 Å². The van der Waals surface area contributed by atoms with Crippen molar-refractivity contribution < 1.29 is 14.3 Å².